The second kappa shape index (κ2) is 6.84. The van der Waals surface area contributed by atoms with Crippen LogP contribution >= 0.6 is 0 Å². The third kappa shape index (κ3) is 8.77. The van der Waals surface area contributed by atoms with Gasteiger partial charge in [-0.05, 0) is 32.9 Å². The van der Waals surface area contributed by atoms with Crippen molar-refractivity contribution in [3.63, 3.8) is 0 Å². The summed E-state index contributed by atoms with van der Waals surface area (Å²) in [4.78, 5) is 18.5. The fourth-order valence-corrected chi connectivity index (χ4v) is 0.649. The molecule has 0 radical (unpaired) electrons. The minimum Gasteiger partial charge on any atom is -0.483 e. The minimum atomic E-state index is -0.268. The van der Waals surface area contributed by atoms with E-state index < -0.39 is 0 Å². The predicted octanol–water partition coefficient (Wildman–Crippen LogP) is 2.50. The molecule has 4 nitrogen and oxygen atoms in total. The summed E-state index contributed by atoms with van der Waals surface area (Å²) in [5, 5.41) is 6.89. The SMILES string of the molecule is CC(C)(C)OOc1ccccc1.O=CO. The molecule has 0 aromatic heterocycles. The van der Waals surface area contributed by atoms with E-state index in [1.165, 1.54) is 0 Å². The van der Waals surface area contributed by atoms with Gasteiger partial charge in [0, 0.05) is 0 Å². The second-order valence-corrected chi connectivity index (χ2v) is 3.70. The van der Waals surface area contributed by atoms with Crippen LogP contribution in [0.1, 0.15) is 20.8 Å². The third-order valence-electron chi connectivity index (χ3n) is 1.13. The monoisotopic (exact) mass is 212 g/mol. The van der Waals surface area contributed by atoms with Crippen LogP contribution in [0.5, 0.6) is 5.75 Å². The highest BCUT2D eigenvalue weighted by molar-refractivity contribution is 5.32. The Morgan fingerprint density at radius 3 is 2.07 bits per heavy atom. The van der Waals surface area contributed by atoms with Crippen molar-refractivity contribution in [2.45, 2.75) is 26.4 Å². The Labute approximate surface area is 89.4 Å². The Kier molecular flexibility index (Phi) is 6.13. The van der Waals surface area contributed by atoms with Crippen LogP contribution in [0, 0.1) is 0 Å². The lowest BCUT2D eigenvalue weighted by Gasteiger charge is -2.17. The topological polar surface area (TPSA) is 55.8 Å². The van der Waals surface area contributed by atoms with Crippen LogP contribution in [0.25, 0.3) is 0 Å². The molecule has 4 heteroatoms. The third-order valence-corrected chi connectivity index (χ3v) is 1.13. The Morgan fingerprint density at radius 2 is 1.67 bits per heavy atom. The molecule has 15 heavy (non-hydrogen) atoms. The van der Waals surface area contributed by atoms with Gasteiger partial charge < -0.3 is 9.99 Å². The molecule has 1 aromatic rings. The quantitative estimate of drug-likeness (QED) is 0.465. The van der Waals surface area contributed by atoms with E-state index in [0.29, 0.717) is 0 Å². The maximum Gasteiger partial charge on any atom is 0.290 e. The Hall–Kier alpha value is -1.55. The summed E-state index contributed by atoms with van der Waals surface area (Å²) in [6.45, 7) is 5.57. The molecule has 1 rings (SSSR count). The fourth-order valence-electron chi connectivity index (χ4n) is 0.649. The maximum absolute atomic E-state index is 8.36. The molecule has 0 fully saturated rings. The van der Waals surface area contributed by atoms with Gasteiger partial charge in [-0.1, -0.05) is 18.2 Å². The zero-order chi connectivity index (χ0) is 11.7. The van der Waals surface area contributed by atoms with Crippen LogP contribution in [0.15, 0.2) is 30.3 Å². The van der Waals surface area contributed by atoms with Crippen molar-refractivity contribution in [1.82, 2.24) is 0 Å². The average molecular weight is 212 g/mol. The van der Waals surface area contributed by atoms with Crippen LogP contribution in [0.4, 0.5) is 0 Å². The molecule has 0 aliphatic heterocycles. The van der Waals surface area contributed by atoms with Crippen molar-refractivity contribution in [3.8, 4) is 5.75 Å². The number of benzene rings is 1. The first-order valence-corrected chi connectivity index (χ1v) is 4.48. The summed E-state index contributed by atoms with van der Waals surface area (Å²) >= 11 is 0. The summed E-state index contributed by atoms with van der Waals surface area (Å²) in [5.74, 6) is 0.729. The van der Waals surface area contributed by atoms with Crippen LogP contribution in [-0.2, 0) is 9.68 Å². The van der Waals surface area contributed by atoms with Gasteiger partial charge in [-0.25, -0.2) is 0 Å². The van der Waals surface area contributed by atoms with Crippen molar-refractivity contribution in [2.24, 2.45) is 0 Å². The van der Waals surface area contributed by atoms with Crippen LogP contribution in [-0.4, -0.2) is 17.2 Å². The molecule has 0 spiro atoms. The van der Waals surface area contributed by atoms with E-state index in [2.05, 4.69) is 0 Å². The second-order valence-electron chi connectivity index (χ2n) is 3.70. The van der Waals surface area contributed by atoms with Crippen LogP contribution in [0.3, 0.4) is 0 Å². The molecule has 0 amide bonds. The van der Waals surface area contributed by atoms with E-state index in [1.54, 1.807) is 0 Å². The zero-order valence-corrected chi connectivity index (χ0v) is 9.14. The molecule has 1 aromatic carbocycles. The van der Waals surface area contributed by atoms with E-state index in [4.69, 9.17) is 19.7 Å². The lowest BCUT2D eigenvalue weighted by molar-refractivity contribution is -0.274. The van der Waals surface area contributed by atoms with Gasteiger partial charge in [0.15, 0.2) is 5.75 Å². The van der Waals surface area contributed by atoms with E-state index >= 15 is 0 Å². The van der Waals surface area contributed by atoms with Crippen molar-refractivity contribution < 1.29 is 19.7 Å². The number of carboxylic acid groups (broad SMARTS) is 1. The van der Waals surface area contributed by atoms with Gasteiger partial charge in [-0.15, -0.1) is 0 Å². The molecule has 0 saturated heterocycles. The van der Waals surface area contributed by atoms with Crippen molar-refractivity contribution in [3.05, 3.63) is 30.3 Å². The van der Waals surface area contributed by atoms with Gasteiger partial charge in [0.25, 0.3) is 6.47 Å². The zero-order valence-electron chi connectivity index (χ0n) is 9.14. The normalized spacial score (nSPS) is 9.80. The summed E-state index contributed by atoms with van der Waals surface area (Å²) < 4.78 is 0. The van der Waals surface area contributed by atoms with Gasteiger partial charge in [-0.3, -0.25) is 4.79 Å². The number of hydrogen-bond acceptors (Lipinski definition) is 3. The van der Waals surface area contributed by atoms with Crippen LogP contribution in [0.2, 0.25) is 0 Å². The number of carbonyl (C=O) groups is 1. The molecule has 0 heterocycles. The first-order chi connectivity index (χ1) is 6.99. The minimum absolute atomic E-state index is 0.250. The van der Waals surface area contributed by atoms with Gasteiger partial charge in [-0.2, -0.15) is 4.89 Å². The first-order valence-electron chi connectivity index (χ1n) is 4.48. The molecule has 0 unspecified atom stereocenters. The molecule has 0 bridgehead atoms. The summed E-state index contributed by atoms with van der Waals surface area (Å²) in [5.41, 5.74) is -0.268. The predicted molar refractivity (Wildman–Crippen MR) is 56.6 cm³/mol. The average Bonchev–Trinajstić information content (AvgIpc) is 2.17. The summed E-state index contributed by atoms with van der Waals surface area (Å²) in [6.07, 6.45) is 0. The van der Waals surface area contributed by atoms with Gasteiger partial charge >= 0.3 is 0 Å². The highest BCUT2D eigenvalue weighted by Crippen LogP contribution is 2.13. The highest BCUT2D eigenvalue weighted by Gasteiger charge is 2.11. The van der Waals surface area contributed by atoms with E-state index in [9.17, 15) is 0 Å². The lowest BCUT2D eigenvalue weighted by Crippen LogP contribution is -2.21. The first kappa shape index (κ1) is 13.4. The standard InChI is InChI=1S/C10H14O2.CH2O2/c1-10(2,3)12-11-9-7-5-4-6-8-9;2-1-3/h4-8H,1-3H3;1H,(H,2,3). The molecular formula is C11H16O4. The van der Waals surface area contributed by atoms with Gasteiger partial charge in [0.1, 0.15) is 5.60 Å². The van der Waals surface area contributed by atoms with Gasteiger partial charge in [0.05, 0.1) is 0 Å². The smallest absolute Gasteiger partial charge is 0.290 e. The maximum atomic E-state index is 8.36. The highest BCUT2D eigenvalue weighted by atomic mass is 17.2. The number of rotatable bonds is 2. The number of hydrogen-bond donors (Lipinski definition) is 1. The van der Waals surface area contributed by atoms with E-state index in [1.807, 2.05) is 51.1 Å². The molecular weight excluding hydrogens is 196 g/mol. The van der Waals surface area contributed by atoms with Gasteiger partial charge in [0.2, 0.25) is 0 Å². The van der Waals surface area contributed by atoms with E-state index in [-0.39, 0.29) is 12.1 Å². The molecule has 1 N–H and O–H groups in total. The van der Waals surface area contributed by atoms with Crippen LogP contribution < -0.4 is 4.89 Å². The summed E-state index contributed by atoms with van der Waals surface area (Å²) in [6, 6.07) is 9.45. The Bertz CT molecular complexity index is 264. The fraction of sp³-hybridized carbons (Fsp3) is 0.364. The van der Waals surface area contributed by atoms with Crippen molar-refractivity contribution in [2.75, 3.05) is 0 Å². The number of para-hydroxylation sites is 1. The molecule has 84 valence electrons. The Morgan fingerprint density at radius 1 is 1.20 bits per heavy atom. The Balaban J connectivity index is 0.000000583. The summed E-state index contributed by atoms with van der Waals surface area (Å²) in [7, 11) is 0. The molecule has 0 aliphatic rings. The largest absolute Gasteiger partial charge is 0.483 e. The van der Waals surface area contributed by atoms with Crippen molar-refractivity contribution in [1.29, 1.82) is 0 Å². The van der Waals surface area contributed by atoms with Crippen molar-refractivity contribution >= 4 is 6.47 Å². The molecule has 0 aliphatic carbocycles. The lowest BCUT2D eigenvalue weighted by atomic mass is 10.2. The molecule has 0 saturated carbocycles. The van der Waals surface area contributed by atoms with E-state index in [0.717, 1.165) is 5.75 Å². The molecule has 0 atom stereocenters.